The Labute approximate surface area is 116 Å². The standard InChI is InChI=1S/C13H19BrN2O2/c1-3-16(4-2)8-7-15-12-6-5-10(14)9-11(12)13(17)18/h5-6,9,15H,3-4,7-8H2,1-2H3,(H,17,18). The number of halogens is 1. The Bertz CT molecular complexity index is 406. The van der Waals surface area contributed by atoms with Crippen molar-refractivity contribution in [3.05, 3.63) is 28.2 Å². The van der Waals surface area contributed by atoms with Crippen LogP contribution in [0.2, 0.25) is 0 Å². The van der Waals surface area contributed by atoms with Gasteiger partial charge in [0.05, 0.1) is 5.56 Å². The van der Waals surface area contributed by atoms with Crippen molar-refractivity contribution in [1.82, 2.24) is 4.90 Å². The summed E-state index contributed by atoms with van der Waals surface area (Å²) in [5.74, 6) is -0.915. The third-order valence-electron chi connectivity index (χ3n) is 2.85. The predicted octanol–water partition coefficient (Wildman–Crippen LogP) is 2.90. The molecule has 0 amide bonds. The molecule has 100 valence electrons. The number of nitrogens with zero attached hydrogens (tertiary/aromatic N) is 1. The van der Waals surface area contributed by atoms with Crippen LogP contribution >= 0.6 is 15.9 Å². The van der Waals surface area contributed by atoms with Crippen molar-refractivity contribution in [3.63, 3.8) is 0 Å². The van der Waals surface area contributed by atoms with E-state index in [0.717, 1.165) is 30.7 Å². The minimum atomic E-state index is -0.915. The van der Waals surface area contributed by atoms with E-state index in [-0.39, 0.29) is 0 Å². The van der Waals surface area contributed by atoms with Gasteiger partial charge in [0.15, 0.2) is 0 Å². The molecule has 0 aliphatic rings. The number of hydrogen-bond acceptors (Lipinski definition) is 3. The summed E-state index contributed by atoms with van der Waals surface area (Å²) in [5.41, 5.74) is 0.960. The van der Waals surface area contributed by atoms with Gasteiger partial charge in [-0.2, -0.15) is 0 Å². The van der Waals surface area contributed by atoms with E-state index in [4.69, 9.17) is 5.11 Å². The van der Waals surface area contributed by atoms with E-state index >= 15 is 0 Å². The maximum absolute atomic E-state index is 11.1. The number of carbonyl (C=O) groups is 1. The molecule has 0 spiro atoms. The van der Waals surface area contributed by atoms with Crippen LogP contribution in [0, 0.1) is 0 Å². The van der Waals surface area contributed by atoms with Gasteiger partial charge in [-0.15, -0.1) is 0 Å². The number of likely N-dealkylation sites (N-methyl/N-ethyl adjacent to an activating group) is 1. The van der Waals surface area contributed by atoms with Crippen molar-refractivity contribution in [2.45, 2.75) is 13.8 Å². The van der Waals surface area contributed by atoms with Crippen molar-refractivity contribution in [2.75, 3.05) is 31.5 Å². The highest BCUT2D eigenvalue weighted by Crippen LogP contribution is 2.20. The number of benzene rings is 1. The van der Waals surface area contributed by atoms with Crippen LogP contribution in [0.3, 0.4) is 0 Å². The fourth-order valence-electron chi connectivity index (χ4n) is 1.74. The van der Waals surface area contributed by atoms with Crippen LogP contribution < -0.4 is 5.32 Å². The Balaban J connectivity index is 2.64. The van der Waals surface area contributed by atoms with Gasteiger partial charge in [0.25, 0.3) is 0 Å². The first-order valence-corrected chi connectivity index (χ1v) is 6.86. The van der Waals surface area contributed by atoms with Crippen molar-refractivity contribution in [2.24, 2.45) is 0 Å². The second-order valence-corrected chi connectivity index (χ2v) is 4.86. The molecule has 0 saturated carbocycles. The maximum Gasteiger partial charge on any atom is 0.337 e. The number of rotatable bonds is 7. The number of carboxylic acid groups (broad SMARTS) is 1. The molecule has 0 bridgehead atoms. The van der Waals surface area contributed by atoms with Crippen LogP contribution in [0.4, 0.5) is 5.69 Å². The fraction of sp³-hybridized carbons (Fsp3) is 0.462. The molecule has 1 rings (SSSR count). The summed E-state index contributed by atoms with van der Waals surface area (Å²) in [7, 11) is 0. The number of hydrogen-bond donors (Lipinski definition) is 2. The van der Waals surface area contributed by atoms with Gasteiger partial charge in [0.1, 0.15) is 0 Å². The minimum Gasteiger partial charge on any atom is -0.478 e. The van der Waals surface area contributed by atoms with E-state index in [9.17, 15) is 4.79 Å². The fourth-order valence-corrected chi connectivity index (χ4v) is 2.10. The number of aromatic carboxylic acids is 1. The molecule has 0 aliphatic carbocycles. The van der Waals surface area contributed by atoms with Crippen LogP contribution in [0.5, 0.6) is 0 Å². The summed E-state index contributed by atoms with van der Waals surface area (Å²) in [5, 5.41) is 12.3. The molecule has 1 aromatic rings. The van der Waals surface area contributed by atoms with Crippen molar-refractivity contribution >= 4 is 27.6 Å². The molecule has 0 aromatic heterocycles. The third kappa shape index (κ3) is 4.31. The molecular weight excluding hydrogens is 296 g/mol. The lowest BCUT2D eigenvalue weighted by molar-refractivity contribution is 0.0698. The van der Waals surface area contributed by atoms with Crippen LogP contribution in [0.25, 0.3) is 0 Å². The number of anilines is 1. The van der Waals surface area contributed by atoms with Crippen molar-refractivity contribution in [1.29, 1.82) is 0 Å². The van der Waals surface area contributed by atoms with Gasteiger partial charge in [-0.1, -0.05) is 29.8 Å². The Morgan fingerprint density at radius 2 is 2.06 bits per heavy atom. The molecule has 0 aliphatic heterocycles. The average Bonchev–Trinajstić information content (AvgIpc) is 2.36. The second-order valence-electron chi connectivity index (χ2n) is 3.95. The smallest absolute Gasteiger partial charge is 0.337 e. The molecule has 0 heterocycles. The zero-order valence-electron chi connectivity index (χ0n) is 10.7. The van der Waals surface area contributed by atoms with E-state index in [1.807, 2.05) is 6.07 Å². The molecule has 0 atom stereocenters. The van der Waals surface area contributed by atoms with Gasteiger partial charge < -0.3 is 15.3 Å². The normalized spacial score (nSPS) is 10.7. The highest BCUT2D eigenvalue weighted by Gasteiger charge is 2.10. The van der Waals surface area contributed by atoms with E-state index in [1.165, 1.54) is 0 Å². The third-order valence-corrected chi connectivity index (χ3v) is 3.34. The summed E-state index contributed by atoms with van der Waals surface area (Å²) in [6.45, 7) is 7.89. The molecule has 2 N–H and O–H groups in total. The summed E-state index contributed by atoms with van der Waals surface area (Å²) >= 11 is 3.28. The van der Waals surface area contributed by atoms with Crippen molar-refractivity contribution < 1.29 is 9.90 Å². The lowest BCUT2D eigenvalue weighted by atomic mass is 10.2. The molecule has 0 saturated heterocycles. The van der Waals surface area contributed by atoms with E-state index in [1.54, 1.807) is 12.1 Å². The highest BCUT2D eigenvalue weighted by molar-refractivity contribution is 9.10. The van der Waals surface area contributed by atoms with Crippen molar-refractivity contribution in [3.8, 4) is 0 Å². The molecule has 4 nitrogen and oxygen atoms in total. The van der Waals surface area contributed by atoms with Gasteiger partial charge in [-0.05, 0) is 31.3 Å². The molecular formula is C13H19BrN2O2. The van der Waals surface area contributed by atoms with Gasteiger partial charge in [-0.25, -0.2) is 4.79 Å². The Kier molecular flexibility index (Phi) is 6.15. The summed E-state index contributed by atoms with van der Waals surface area (Å²) in [4.78, 5) is 13.4. The summed E-state index contributed by atoms with van der Waals surface area (Å²) < 4.78 is 0.772. The zero-order chi connectivity index (χ0) is 13.5. The molecule has 5 heteroatoms. The Hall–Kier alpha value is -1.07. The number of carboxylic acids is 1. The van der Waals surface area contributed by atoms with Gasteiger partial charge in [0, 0.05) is 23.2 Å². The Morgan fingerprint density at radius 1 is 1.39 bits per heavy atom. The van der Waals surface area contributed by atoms with Crippen LogP contribution in [0.15, 0.2) is 22.7 Å². The average molecular weight is 315 g/mol. The second kappa shape index (κ2) is 7.38. The first-order valence-electron chi connectivity index (χ1n) is 6.07. The highest BCUT2D eigenvalue weighted by atomic mass is 79.9. The topological polar surface area (TPSA) is 52.6 Å². The lowest BCUT2D eigenvalue weighted by Gasteiger charge is -2.19. The van der Waals surface area contributed by atoms with Gasteiger partial charge in [0.2, 0.25) is 0 Å². The summed E-state index contributed by atoms with van der Waals surface area (Å²) in [6, 6.07) is 5.24. The quantitative estimate of drug-likeness (QED) is 0.812. The van der Waals surface area contributed by atoms with Crippen LogP contribution in [-0.2, 0) is 0 Å². The van der Waals surface area contributed by atoms with Gasteiger partial charge in [-0.3, -0.25) is 0 Å². The van der Waals surface area contributed by atoms with Crippen LogP contribution in [-0.4, -0.2) is 42.2 Å². The van der Waals surface area contributed by atoms with E-state index in [0.29, 0.717) is 11.3 Å². The number of nitrogens with one attached hydrogen (secondary N) is 1. The Morgan fingerprint density at radius 3 is 2.61 bits per heavy atom. The zero-order valence-corrected chi connectivity index (χ0v) is 12.3. The largest absolute Gasteiger partial charge is 0.478 e. The SMILES string of the molecule is CCN(CC)CCNc1ccc(Br)cc1C(=O)O. The monoisotopic (exact) mass is 314 g/mol. The molecule has 0 unspecified atom stereocenters. The first kappa shape index (κ1) is 15.0. The first-order chi connectivity index (χ1) is 8.58. The molecule has 18 heavy (non-hydrogen) atoms. The molecule has 1 aromatic carbocycles. The van der Waals surface area contributed by atoms with Gasteiger partial charge >= 0.3 is 5.97 Å². The van der Waals surface area contributed by atoms with E-state index in [2.05, 4.69) is 40.0 Å². The lowest BCUT2D eigenvalue weighted by Crippen LogP contribution is -2.28. The predicted molar refractivity (Wildman–Crippen MR) is 77.4 cm³/mol. The maximum atomic E-state index is 11.1. The molecule has 0 radical (unpaired) electrons. The summed E-state index contributed by atoms with van der Waals surface area (Å²) in [6.07, 6.45) is 0. The van der Waals surface area contributed by atoms with E-state index < -0.39 is 5.97 Å². The minimum absolute atomic E-state index is 0.295. The molecule has 0 fully saturated rings. The van der Waals surface area contributed by atoms with Crippen LogP contribution in [0.1, 0.15) is 24.2 Å².